The summed E-state index contributed by atoms with van der Waals surface area (Å²) in [6.45, 7) is 3.00. The number of aryl methyl sites for hydroxylation is 1. The molecule has 1 aliphatic heterocycles. The Bertz CT molecular complexity index is 1420. The Morgan fingerprint density at radius 1 is 1.03 bits per heavy atom. The quantitative estimate of drug-likeness (QED) is 0.308. The number of rotatable bonds is 6. The number of para-hydroxylation sites is 1. The lowest BCUT2D eigenvalue weighted by atomic mass is 10.1. The largest absolute Gasteiger partial charge is 0.361 e. The van der Waals surface area contributed by atoms with Crippen LogP contribution in [0.4, 0.5) is 10.8 Å². The average Bonchev–Trinajstić information content (AvgIpc) is 3.36. The standard InChI is InChI=1S/C29H28N4S2/c1-18-5-4-8-24-26(18)32-28(34-24)30-16-15-19-9-11-21(12-10-19)31-29-33(22-13-14-22)27-23-7-3-2-6-20(23)17-25(27)35-29/h2-12,22,25,27H,13-17H2,1H3,(H,30,32)/b31-29-/t25?,27-/m0/s1. The molecule has 7 rings (SSSR count). The lowest BCUT2D eigenvalue weighted by Gasteiger charge is -2.26. The molecule has 2 fully saturated rings. The Hall–Kier alpha value is -2.83. The van der Waals surface area contributed by atoms with Gasteiger partial charge in [-0.15, -0.1) is 0 Å². The number of hydrogen-bond donors (Lipinski definition) is 1. The van der Waals surface area contributed by atoms with Gasteiger partial charge in [0.2, 0.25) is 0 Å². The number of nitrogens with one attached hydrogen (secondary N) is 1. The highest BCUT2D eigenvalue weighted by Gasteiger charge is 2.50. The monoisotopic (exact) mass is 496 g/mol. The van der Waals surface area contributed by atoms with Crippen LogP contribution in [0.5, 0.6) is 0 Å². The highest BCUT2D eigenvalue weighted by molar-refractivity contribution is 8.14. The highest BCUT2D eigenvalue weighted by atomic mass is 32.2. The predicted molar refractivity (Wildman–Crippen MR) is 149 cm³/mol. The van der Waals surface area contributed by atoms with Crippen molar-refractivity contribution in [3.63, 3.8) is 0 Å². The van der Waals surface area contributed by atoms with Crippen LogP contribution in [0.2, 0.25) is 0 Å². The van der Waals surface area contributed by atoms with Crippen LogP contribution in [0.15, 0.2) is 71.7 Å². The highest BCUT2D eigenvalue weighted by Crippen LogP contribution is 2.53. The van der Waals surface area contributed by atoms with Crippen LogP contribution in [0.1, 0.15) is 41.1 Å². The van der Waals surface area contributed by atoms with Gasteiger partial charge in [0.1, 0.15) is 0 Å². The third-order valence-corrected chi connectivity index (χ3v) is 9.55. The number of thiazole rings is 1. The Labute approximate surface area is 214 Å². The molecule has 1 saturated heterocycles. The first-order chi connectivity index (χ1) is 17.2. The molecule has 0 radical (unpaired) electrons. The van der Waals surface area contributed by atoms with Gasteiger partial charge in [-0.1, -0.05) is 71.6 Å². The molecule has 35 heavy (non-hydrogen) atoms. The molecule has 2 aliphatic carbocycles. The fourth-order valence-electron chi connectivity index (χ4n) is 5.43. The number of nitrogens with zero attached hydrogens (tertiary/aromatic N) is 3. The number of anilines is 1. The molecule has 0 bridgehead atoms. The second-order valence-electron chi connectivity index (χ2n) is 9.82. The van der Waals surface area contributed by atoms with E-state index < -0.39 is 0 Å². The lowest BCUT2D eigenvalue weighted by molar-refractivity contribution is 0.330. The van der Waals surface area contributed by atoms with Gasteiger partial charge in [-0.25, -0.2) is 9.98 Å². The summed E-state index contributed by atoms with van der Waals surface area (Å²) in [5, 5.41) is 6.33. The second-order valence-corrected chi connectivity index (χ2v) is 12.1. The summed E-state index contributed by atoms with van der Waals surface area (Å²) in [7, 11) is 0. The van der Waals surface area contributed by atoms with E-state index in [1.807, 2.05) is 11.8 Å². The number of aliphatic imine (C=N–C) groups is 1. The first kappa shape index (κ1) is 21.5. The van der Waals surface area contributed by atoms with Crippen molar-refractivity contribution in [1.29, 1.82) is 0 Å². The Kier molecular flexibility index (Phi) is 5.32. The first-order valence-corrected chi connectivity index (χ1v) is 14.2. The summed E-state index contributed by atoms with van der Waals surface area (Å²) in [5.41, 5.74) is 7.78. The zero-order valence-electron chi connectivity index (χ0n) is 19.8. The predicted octanol–water partition coefficient (Wildman–Crippen LogP) is 7.12. The van der Waals surface area contributed by atoms with E-state index in [1.54, 1.807) is 11.3 Å². The van der Waals surface area contributed by atoms with Crippen LogP contribution in [0.25, 0.3) is 10.2 Å². The van der Waals surface area contributed by atoms with Gasteiger partial charge < -0.3 is 10.2 Å². The first-order valence-electron chi connectivity index (χ1n) is 12.5. The molecular formula is C29H28N4S2. The molecule has 0 spiro atoms. The Morgan fingerprint density at radius 2 is 1.89 bits per heavy atom. The van der Waals surface area contributed by atoms with Gasteiger partial charge in [0.05, 0.1) is 21.9 Å². The second kappa shape index (κ2) is 8.68. The van der Waals surface area contributed by atoms with Crippen LogP contribution in [-0.4, -0.2) is 32.9 Å². The molecule has 1 unspecified atom stereocenters. The summed E-state index contributed by atoms with van der Waals surface area (Å²) < 4.78 is 1.24. The summed E-state index contributed by atoms with van der Waals surface area (Å²) in [6.07, 6.45) is 4.72. The molecule has 0 amide bonds. The number of benzene rings is 3. The number of fused-ring (bicyclic) bond motifs is 4. The number of aromatic nitrogens is 1. The van der Waals surface area contributed by atoms with Crippen LogP contribution in [-0.2, 0) is 12.8 Å². The van der Waals surface area contributed by atoms with Crippen molar-refractivity contribution < 1.29 is 0 Å². The molecule has 3 aliphatic rings. The third-order valence-electron chi connectivity index (χ3n) is 7.34. The molecule has 6 heteroatoms. The van der Waals surface area contributed by atoms with E-state index in [4.69, 9.17) is 9.98 Å². The van der Waals surface area contributed by atoms with Crippen molar-refractivity contribution in [2.24, 2.45) is 4.99 Å². The summed E-state index contributed by atoms with van der Waals surface area (Å²) in [4.78, 5) is 12.5. The Balaban J connectivity index is 1.03. The van der Waals surface area contributed by atoms with Crippen molar-refractivity contribution in [2.45, 2.75) is 49.9 Å². The van der Waals surface area contributed by atoms with Gasteiger partial charge >= 0.3 is 0 Å². The SMILES string of the molecule is Cc1cccc2sc(NCCc3ccc(/N=C4\SC5Cc6ccccc6[C@@H]5N4C4CC4)cc3)nc12. The third kappa shape index (κ3) is 4.03. The number of thioether (sulfide) groups is 1. The van der Waals surface area contributed by atoms with E-state index in [1.165, 1.54) is 45.0 Å². The maximum Gasteiger partial charge on any atom is 0.183 e. The summed E-state index contributed by atoms with van der Waals surface area (Å²) >= 11 is 3.72. The van der Waals surface area contributed by atoms with E-state index in [0.717, 1.165) is 35.7 Å². The van der Waals surface area contributed by atoms with Crippen molar-refractivity contribution in [1.82, 2.24) is 9.88 Å². The zero-order valence-corrected chi connectivity index (χ0v) is 21.4. The maximum absolute atomic E-state index is 5.14. The molecule has 2 atom stereocenters. The van der Waals surface area contributed by atoms with E-state index in [0.29, 0.717) is 17.3 Å². The molecule has 4 aromatic rings. The van der Waals surface area contributed by atoms with Gasteiger partial charge in [-0.3, -0.25) is 0 Å². The van der Waals surface area contributed by atoms with Crippen molar-refractivity contribution in [2.75, 3.05) is 11.9 Å². The van der Waals surface area contributed by atoms with E-state index in [-0.39, 0.29) is 0 Å². The number of amidine groups is 1. The Morgan fingerprint density at radius 3 is 2.71 bits per heavy atom. The van der Waals surface area contributed by atoms with Crippen molar-refractivity contribution in [3.8, 4) is 0 Å². The molecule has 1 N–H and O–H groups in total. The van der Waals surface area contributed by atoms with Gasteiger partial charge in [0.25, 0.3) is 0 Å². The number of hydrogen-bond acceptors (Lipinski definition) is 5. The fraction of sp³-hybridized carbons (Fsp3) is 0.310. The average molecular weight is 497 g/mol. The topological polar surface area (TPSA) is 40.5 Å². The van der Waals surface area contributed by atoms with Gasteiger partial charge in [0, 0.05) is 17.8 Å². The summed E-state index contributed by atoms with van der Waals surface area (Å²) in [6, 6.07) is 25.3. The smallest absolute Gasteiger partial charge is 0.183 e. The molecule has 4 nitrogen and oxygen atoms in total. The molecule has 2 heterocycles. The summed E-state index contributed by atoms with van der Waals surface area (Å²) in [5.74, 6) is 0. The van der Waals surface area contributed by atoms with E-state index in [2.05, 4.69) is 83.9 Å². The van der Waals surface area contributed by atoms with Gasteiger partial charge in [-0.2, -0.15) is 0 Å². The van der Waals surface area contributed by atoms with Crippen LogP contribution in [0, 0.1) is 6.92 Å². The minimum Gasteiger partial charge on any atom is -0.361 e. The van der Waals surface area contributed by atoms with Gasteiger partial charge in [0.15, 0.2) is 10.3 Å². The van der Waals surface area contributed by atoms with Crippen molar-refractivity contribution in [3.05, 3.63) is 89.0 Å². The molecule has 1 aromatic heterocycles. The maximum atomic E-state index is 5.14. The molecular weight excluding hydrogens is 468 g/mol. The van der Waals surface area contributed by atoms with Crippen LogP contribution < -0.4 is 5.32 Å². The zero-order chi connectivity index (χ0) is 23.4. The van der Waals surface area contributed by atoms with Crippen LogP contribution >= 0.6 is 23.1 Å². The van der Waals surface area contributed by atoms with Crippen molar-refractivity contribution >= 4 is 49.3 Å². The van der Waals surface area contributed by atoms with Crippen LogP contribution in [0.3, 0.4) is 0 Å². The molecule has 1 saturated carbocycles. The minimum absolute atomic E-state index is 0.499. The fourth-order valence-corrected chi connectivity index (χ4v) is 7.88. The normalized spacial score (nSPS) is 22.1. The van der Waals surface area contributed by atoms with Gasteiger partial charge in [-0.05, 0) is 73.1 Å². The lowest BCUT2D eigenvalue weighted by Crippen LogP contribution is -2.30. The molecule has 3 aromatic carbocycles. The minimum atomic E-state index is 0.499. The molecule has 176 valence electrons. The van der Waals surface area contributed by atoms with E-state index >= 15 is 0 Å². The van der Waals surface area contributed by atoms with E-state index in [9.17, 15) is 0 Å².